The standard InChI is InChI=1S/C27H46/c1-3-4-5-6-7-8-9-23-12-16-25(17-13-23)27-20-18-26(19-21-27)24-14-10-22(2)11-15-24/h18,20-26H,3-17,19H2,1-2H3. The van der Waals surface area contributed by atoms with E-state index in [1.54, 1.807) is 5.57 Å². The van der Waals surface area contributed by atoms with Gasteiger partial charge in [-0.3, -0.25) is 0 Å². The van der Waals surface area contributed by atoms with E-state index >= 15 is 0 Å². The summed E-state index contributed by atoms with van der Waals surface area (Å²) in [5.74, 6) is 4.73. The molecule has 0 spiro atoms. The molecular formula is C27H46. The molecule has 27 heavy (non-hydrogen) atoms. The Labute approximate surface area is 170 Å². The van der Waals surface area contributed by atoms with Gasteiger partial charge >= 0.3 is 0 Å². The van der Waals surface area contributed by atoms with Crippen LogP contribution in [0.1, 0.15) is 117 Å². The predicted octanol–water partition coefficient (Wildman–Crippen LogP) is 8.87. The number of hydrogen-bond acceptors (Lipinski definition) is 0. The van der Waals surface area contributed by atoms with Crippen molar-refractivity contribution in [3.8, 4) is 0 Å². The summed E-state index contributed by atoms with van der Waals surface area (Å²) in [6.07, 6.45) is 31.2. The van der Waals surface area contributed by atoms with Crippen LogP contribution in [0.15, 0.2) is 23.8 Å². The lowest BCUT2D eigenvalue weighted by Gasteiger charge is -2.34. The molecule has 1 atom stereocenters. The smallest absolute Gasteiger partial charge is 0.0165 e. The number of hydrogen-bond donors (Lipinski definition) is 0. The lowest BCUT2D eigenvalue weighted by molar-refractivity contribution is 0.238. The third kappa shape index (κ3) is 6.79. The molecule has 3 aliphatic rings. The van der Waals surface area contributed by atoms with Crippen molar-refractivity contribution in [3.63, 3.8) is 0 Å². The van der Waals surface area contributed by atoms with Crippen LogP contribution in [0.2, 0.25) is 0 Å². The van der Waals surface area contributed by atoms with Gasteiger partial charge in [-0.05, 0) is 80.1 Å². The van der Waals surface area contributed by atoms with Crippen LogP contribution < -0.4 is 0 Å². The van der Waals surface area contributed by atoms with Crippen molar-refractivity contribution in [1.82, 2.24) is 0 Å². The second kappa shape index (κ2) is 11.5. The van der Waals surface area contributed by atoms with E-state index in [0.717, 1.165) is 29.6 Å². The summed E-state index contributed by atoms with van der Waals surface area (Å²) in [6.45, 7) is 4.75. The van der Waals surface area contributed by atoms with Gasteiger partial charge in [0.05, 0.1) is 0 Å². The topological polar surface area (TPSA) is 0 Å². The molecule has 0 aliphatic heterocycles. The van der Waals surface area contributed by atoms with Crippen LogP contribution in [0.4, 0.5) is 0 Å². The van der Waals surface area contributed by atoms with E-state index in [-0.39, 0.29) is 0 Å². The molecule has 0 aromatic rings. The summed E-state index contributed by atoms with van der Waals surface area (Å²) < 4.78 is 0. The fourth-order valence-corrected chi connectivity index (χ4v) is 6.02. The molecule has 3 aliphatic carbocycles. The summed E-state index contributed by atoms with van der Waals surface area (Å²) in [7, 11) is 0. The van der Waals surface area contributed by atoms with Crippen molar-refractivity contribution in [3.05, 3.63) is 23.8 Å². The lowest BCUT2D eigenvalue weighted by Crippen LogP contribution is -2.22. The van der Waals surface area contributed by atoms with Crippen LogP contribution in [0.5, 0.6) is 0 Å². The molecule has 0 saturated heterocycles. The Morgan fingerprint density at radius 1 is 0.815 bits per heavy atom. The van der Waals surface area contributed by atoms with Gasteiger partial charge in [-0.25, -0.2) is 0 Å². The Hall–Kier alpha value is -0.520. The molecule has 0 heterocycles. The van der Waals surface area contributed by atoms with E-state index in [0.29, 0.717) is 0 Å². The minimum Gasteiger partial charge on any atom is -0.0806 e. The van der Waals surface area contributed by atoms with Crippen molar-refractivity contribution in [1.29, 1.82) is 0 Å². The van der Waals surface area contributed by atoms with Gasteiger partial charge in [0.25, 0.3) is 0 Å². The summed E-state index contributed by atoms with van der Waals surface area (Å²) in [4.78, 5) is 0. The Morgan fingerprint density at radius 2 is 1.52 bits per heavy atom. The van der Waals surface area contributed by atoms with E-state index in [4.69, 9.17) is 0 Å². The molecule has 0 heteroatoms. The third-order valence-corrected chi connectivity index (χ3v) is 8.11. The van der Waals surface area contributed by atoms with Gasteiger partial charge in [0.1, 0.15) is 0 Å². The third-order valence-electron chi connectivity index (χ3n) is 8.11. The molecule has 2 fully saturated rings. The fraction of sp³-hybridized carbons (Fsp3) is 0.852. The van der Waals surface area contributed by atoms with Gasteiger partial charge in [-0.2, -0.15) is 0 Å². The van der Waals surface area contributed by atoms with Crippen LogP contribution in [0, 0.1) is 29.6 Å². The zero-order chi connectivity index (χ0) is 18.9. The zero-order valence-electron chi connectivity index (χ0n) is 18.4. The Bertz CT molecular complexity index is 454. The average Bonchev–Trinajstić information content (AvgIpc) is 2.72. The van der Waals surface area contributed by atoms with Gasteiger partial charge in [0.2, 0.25) is 0 Å². The minimum atomic E-state index is 0.852. The minimum absolute atomic E-state index is 0.852. The maximum Gasteiger partial charge on any atom is -0.0165 e. The maximum absolute atomic E-state index is 2.64. The van der Waals surface area contributed by atoms with E-state index in [9.17, 15) is 0 Å². The first kappa shape index (κ1) is 21.2. The van der Waals surface area contributed by atoms with Crippen LogP contribution in [0.25, 0.3) is 0 Å². The molecule has 0 bridgehead atoms. The summed E-state index contributed by atoms with van der Waals surface area (Å²) >= 11 is 0. The fourth-order valence-electron chi connectivity index (χ4n) is 6.02. The molecule has 0 aromatic carbocycles. The molecule has 2 saturated carbocycles. The van der Waals surface area contributed by atoms with Gasteiger partial charge < -0.3 is 0 Å². The predicted molar refractivity (Wildman–Crippen MR) is 120 cm³/mol. The van der Waals surface area contributed by atoms with E-state index < -0.39 is 0 Å². The molecule has 0 aromatic heterocycles. The second-order valence-corrected chi connectivity index (χ2v) is 10.3. The van der Waals surface area contributed by atoms with Crippen LogP contribution in [0.3, 0.4) is 0 Å². The normalized spacial score (nSPS) is 34.4. The van der Waals surface area contributed by atoms with Crippen LogP contribution in [-0.2, 0) is 0 Å². The number of unbranched alkanes of at least 4 members (excludes halogenated alkanes) is 5. The van der Waals surface area contributed by atoms with Crippen molar-refractivity contribution in [2.45, 2.75) is 117 Å². The Balaban J connectivity index is 1.31. The highest BCUT2D eigenvalue weighted by atomic mass is 14.3. The highest BCUT2D eigenvalue weighted by molar-refractivity contribution is 5.27. The molecule has 0 N–H and O–H groups in total. The zero-order valence-corrected chi connectivity index (χ0v) is 18.4. The quantitative estimate of drug-likeness (QED) is 0.355. The van der Waals surface area contributed by atoms with Crippen molar-refractivity contribution < 1.29 is 0 Å². The second-order valence-electron chi connectivity index (χ2n) is 10.3. The van der Waals surface area contributed by atoms with Crippen molar-refractivity contribution in [2.24, 2.45) is 29.6 Å². The lowest BCUT2D eigenvalue weighted by atomic mass is 9.71. The Kier molecular flexibility index (Phi) is 9.01. The Morgan fingerprint density at radius 3 is 2.19 bits per heavy atom. The van der Waals surface area contributed by atoms with Crippen LogP contribution in [-0.4, -0.2) is 0 Å². The molecule has 0 radical (unpaired) electrons. The SMILES string of the molecule is CCCCCCCCC1CCC(C2=CCC(C3CCC(C)CC3)C=C2)CC1. The highest BCUT2D eigenvalue weighted by Gasteiger charge is 2.27. The summed E-state index contributed by atoms with van der Waals surface area (Å²) in [6, 6.07) is 0. The van der Waals surface area contributed by atoms with Gasteiger partial charge in [-0.1, -0.05) is 89.9 Å². The van der Waals surface area contributed by atoms with E-state index in [2.05, 4.69) is 32.1 Å². The molecule has 1 unspecified atom stereocenters. The van der Waals surface area contributed by atoms with Crippen LogP contribution >= 0.6 is 0 Å². The van der Waals surface area contributed by atoms with Crippen molar-refractivity contribution >= 4 is 0 Å². The van der Waals surface area contributed by atoms with Gasteiger partial charge in [-0.15, -0.1) is 0 Å². The van der Waals surface area contributed by atoms with Gasteiger partial charge in [0, 0.05) is 0 Å². The molecule has 154 valence electrons. The first-order chi connectivity index (χ1) is 13.3. The van der Waals surface area contributed by atoms with E-state index in [1.807, 2.05) is 0 Å². The van der Waals surface area contributed by atoms with Gasteiger partial charge in [0.15, 0.2) is 0 Å². The first-order valence-electron chi connectivity index (χ1n) is 12.6. The number of allylic oxidation sites excluding steroid dienone is 4. The largest absolute Gasteiger partial charge is 0.0806 e. The maximum atomic E-state index is 2.64. The van der Waals surface area contributed by atoms with Crippen molar-refractivity contribution in [2.75, 3.05) is 0 Å². The highest BCUT2D eigenvalue weighted by Crippen LogP contribution is 2.41. The monoisotopic (exact) mass is 370 g/mol. The summed E-state index contributed by atoms with van der Waals surface area (Å²) in [5.41, 5.74) is 1.70. The summed E-state index contributed by atoms with van der Waals surface area (Å²) in [5, 5.41) is 0. The average molecular weight is 371 g/mol. The molecule has 0 nitrogen and oxygen atoms in total. The first-order valence-corrected chi connectivity index (χ1v) is 12.6. The molecular weight excluding hydrogens is 324 g/mol. The number of rotatable bonds is 9. The van der Waals surface area contributed by atoms with E-state index in [1.165, 1.54) is 103 Å². The molecule has 3 rings (SSSR count). The molecule has 0 amide bonds.